The van der Waals surface area contributed by atoms with Crippen LogP contribution in [-0.4, -0.2) is 32.0 Å². The predicted molar refractivity (Wildman–Crippen MR) is 84.2 cm³/mol. The number of rotatable bonds is 7. The molecule has 0 aromatic heterocycles. The van der Waals surface area contributed by atoms with E-state index in [4.69, 9.17) is 14.2 Å². The van der Waals surface area contributed by atoms with Crippen molar-refractivity contribution in [2.24, 2.45) is 0 Å². The molecule has 1 N–H and O–H groups in total. The van der Waals surface area contributed by atoms with Crippen molar-refractivity contribution in [3.05, 3.63) is 23.8 Å². The standard InChI is InChI=1S/C17H27NO3/c1-5-8-18-15-12-20-16-11-13(6-7-14(15)16)19-9-10-21-17(2,3)4/h6-7,11,15,18H,5,8-10,12H2,1-4H3. The van der Waals surface area contributed by atoms with Gasteiger partial charge in [0.1, 0.15) is 24.7 Å². The fraction of sp³-hybridized carbons (Fsp3) is 0.647. The summed E-state index contributed by atoms with van der Waals surface area (Å²) in [5.41, 5.74) is 1.10. The zero-order chi connectivity index (χ0) is 15.3. The van der Waals surface area contributed by atoms with Gasteiger partial charge in [0.2, 0.25) is 0 Å². The molecule has 21 heavy (non-hydrogen) atoms. The molecule has 1 atom stereocenters. The van der Waals surface area contributed by atoms with E-state index >= 15 is 0 Å². The molecule has 1 heterocycles. The molecule has 1 unspecified atom stereocenters. The lowest BCUT2D eigenvalue weighted by Crippen LogP contribution is -2.23. The van der Waals surface area contributed by atoms with E-state index in [0.717, 1.165) is 24.5 Å². The van der Waals surface area contributed by atoms with Crippen molar-refractivity contribution in [1.29, 1.82) is 0 Å². The van der Waals surface area contributed by atoms with E-state index < -0.39 is 0 Å². The summed E-state index contributed by atoms with van der Waals surface area (Å²) in [6, 6.07) is 6.37. The summed E-state index contributed by atoms with van der Waals surface area (Å²) in [5.74, 6) is 1.76. The summed E-state index contributed by atoms with van der Waals surface area (Å²) < 4.78 is 17.1. The summed E-state index contributed by atoms with van der Waals surface area (Å²) >= 11 is 0. The Morgan fingerprint density at radius 1 is 1.29 bits per heavy atom. The Labute approximate surface area is 127 Å². The van der Waals surface area contributed by atoms with Gasteiger partial charge >= 0.3 is 0 Å². The van der Waals surface area contributed by atoms with Crippen molar-refractivity contribution in [2.75, 3.05) is 26.4 Å². The molecule has 4 heteroatoms. The molecule has 0 bridgehead atoms. The molecule has 0 fully saturated rings. The first-order chi connectivity index (χ1) is 9.99. The zero-order valence-electron chi connectivity index (χ0n) is 13.6. The Bertz CT molecular complexity index is 454. The van der Waals surface area contributed by atoms with Crippen LogP contribution in [-0.2, 0) is 4.74 Å². The highest BCUT2D eigenvalue weighted by Gasteiger charge is 2.23. The van der Waals surface area contributed by atoms with Crippen molar-refractivity contribution < 1.29 is 14.2 Å². The summed E-state index contributed by atoms with van der Waals surface area (Å²) in [7, 11) is 0. The van der Waals surface area contributed by atoms with Gasteiger partial charge in [-0.1, -0.05) is 6.92 Å². The first-order valence-electron chi connectivity index (χ1n) is 7.76. The van der Waals surface area contributed by atoms with E-state index in [1.165, 1.54) is 5.56 Å². The average molecular weight is 293 g/mol. The number of ether oxygens (including phenoxy) is 3. The zero-order valence-corrected chi connectivity index (χ0v) is 13.6. The molecule has 1 aliphatic rings. The monoisotopic (exact) mass is 293 g/mol. The van der Waals surface area contributed by atoms with Crippen LogP contribution in [0.1, 0.15) is 45.7 Å². The Balaban J connectivity index is 1.84. The van der Waals surface area contributed by atoms with Gasteiger partial charge in [0.25, 0.3) is 0 Å². The normalized spacial score (nSPS) is 17.4. The molecule has 0 saturated carbocycles. The van der Waals surface area contributed by atoms with Crippen LogP contribution in [0.25, 0.3) is 0 Å². The molecule has 4 nitrogen and oxygen atoms in total. The van der Waals surface area contributed by atoms with Gasteiger partial charge in [-0.3, -0.25) is 0 Å². The highest BCUT2D eigenvalue weighted by atomic mass is 16.5. The lowest BCUT2D eigenvalue weighted by molar-refractivity contribution is -0.0163. The fourth-order valence-corrected chi connectivity index (χ4v) is 2.28. The summed E-state index contributed by atoms with van der Waals surface area (Å²) in [5, 5.41) is 3.49. The molecule has 0 radical (unpaired) electrons. The van der Waals surface area contributed by atoms with Crippen molar-refractivity contribution in [3.63, 3.8) is 0 Å². The van der Waals surface area contributed by atoms with Gasteiger partial charge in [-0.15, -0.1) is 0 Å². The van der Waals surface area contributed by atoms with Crippen LogP contribution in [0.4, 0.5) is 0 Å². The molecule has 1 aromatic rings. The minimum absolute atomic E-state index is 0.122. The molecule has 0 amide bonds. The maximum atomic E-state index is 5.74. The topological polar surface area (TPSA) is 39.7 Å². The molecule has 2 rings (SSSR count). The van der Waals surface area contributed by atoms with Gasteiger partial charge in [0, 0.05) is 11.6 Å². The Morgan fingerprint density at radius 2 is 2.10 bits per heavy atom. The van der Waals surface area contributed by atoms with E-state index in [9.17, 15) is 0 Å². The van der Waals surface area contributed by atoms with Crippen molar-refractivity contribution in [1.82, 2.24) is 5.32 Å². The predicted octanol–water partition coefficient (Wildman–Crippen LogP) is 3.31. The smallest absolute Gasteiger partial charge is 0.127 e. The third-order valence-electron chi connectivity index (χ3n) is 3.29. The molecule has 118 valence electrons. The minimum atomic E-state index is -0.122. The third-order valence-corrected chi connectivity index (χ3v) is 3.29. The lowest BCUT2D eigenvalue weighted by atomic mass is 10.1. The Kier molecular flexibility index (Phi) is 5.48. The molecule has 1 aromatic carbocycles. The minimum Gasteiger partial charge on any atom is -0.491 e. The van der Waals surface area contributed by atoms with Crippen LogP contribution >= 0.6 is 0 Å². The quantitative estimate of drug-likeness (QED) is 0.783. The van der Waals surface area contributed by atoms with Gasteiger partial charge in [0.15, 0.2) is 0 Å². The number of nitrogens with one attached hydrogen (secondary N) is 1. The first kappa shape index (κ1) is 16.1. The number of hydrogen-bond donors (Lipinski definition) is 1. The number of benzene rings is 1. The molecule has 1 aliphatic heterocycles. The highest BCUT2D eigenvalue weighted by Crippen LogP contribution is 2.35. The average Bonchev–Trinajstić information content (AvgIpc) is 2.83. The Morgan fingerprint density at radius 3 is 2.81 bits per heavy atom. The maximum Gasteiger partial charge on any atom is 0.127 e. The van der Waals surface area contributed by atoms with Crippen LogP contribution in [0, 0.1) is 0 Å². The fourth-order valence-electron chi connectivity index (χ4n) is 2.28. The van der Waals surface area contributed by atoms with Gasteiger partial charge in [-0.05, 0) is 45.9 Å². The van der Waals surface area contributed by atoms with Crippen LogP contribution < -0.4 is 14.8 Å². The van der Waals surface area contributed by atoms with E-state index in [1.54, 1.807) is 0 Å². The summed E-state index contributed by atoms with van der Waals surface area (Å²) in [6.07, 6.45) is 1.13. The molecule has 0 aliphatic carbocycles. The van der Waals surface area contributed by atoms with Gasteiger partial charge in [-0.2, -0.15) is 0 Å². The SMILES string of the molecule is CCCNC1COc2cc(OCCOC(C)(C)C)ccc21. The van der Waals surface area contributed by atoms with E-state index in [-0.39, 0.29) is 5.60 Å². The second kappa shape index (κ2) is 7.14. The largest absolute Gasteiger partial charge is 0.491 e. The Hall–Kier alpha value is -1.26. The summed E-state index contributed by atoms with van der Waals surface area (Å²) in [4.78, 5) is 0. The maximum absolute atomic E-state index is 5.74. The second-order valence-electron chi connectivity index (χ2n) is 6.33. The van der Waals surface area contributed by atoms with Crippen molar-refractivity contribution in [3.8, 4) is 11.5 Å². The number of fused-ring (bicyclic) bond motifs is 1. The van der Waals surface area contributed by atoms with E-state index in [1.807, 2.05) is 32.9 Å². The third kappa shape index (κ3) is 4.90. The van der Waals surface area contributed by atoms with Crippen molar-refractivity contribution in [2.45, 2.75) is 45.8 Å². The lowest BCUT2D eigenvalue weighted by Gasteiger charge is -2.19. The summed E-state index contributed by atoms with van der Waals surface area (Å²) in [6.45, 7) is 11.1. The second-order valence-corrected chi connectivity index (χ2v) is 6.33. The molecular weight excluding hydrogens is 266 g/mol. The van der Waals surface area contributed by atoms with Gasteiger partial charge in [0.05, 0.1) is 18.2 Å². The highest BCUT2D eigenvalue weighted by molar-refractivity contribution is 5.45. The molecule has 0 spiro atoms. The van der Waals surface area contributed by atoms with Crippen LogP contribution in [0.15, 0.2) is 18.2 Å². The van der Waals surface area contributed by atoms with E-state index in [0.29, 0.717) is 25.9 Å². The molecule has 0 saturated heterocycles. The first-order valence-corrected chi connectivity index (χ1v) is 7.76. The van der Waals surface area contributed by atoms with Gasteiger partial charge < -0.3 is 19.5 Å². The van der Waals surface area contributed by atoms with Crippen molar-refractivity contribution >= 4 is 0 Å². The van der Waals surface area contributed by atoms with Crippen LogP contribution in [0.5, 0.6) is 11.5 Å². The molecular formula is C17H27NO3. The van der Waals surface area contributed by atoms with E-state index in [2.05, 4.69) is 18.3 Å². The van der Waals surface area contributed by atoms with Gasteiger partial charge in [-0.25, -0.2) is 0 Å². The van der Waals surface area contributed by atoms with Crippen LogP contribution in [0.2, 0.25) is 0 Å². The van der Waals surface area contributed by atoms with Crippen LogP contribution in [0.3, 0.4) is 0 Å². The number of hydrogen-bond acceptors (Lipinski definition) is 4.